The van der Waals surface area contributed by atoms with Gasteiger partial charge >= 0.3 is 6.18 Å². The molecule has 1 aliphatic heterocycles. The van der Waals surface area contributed by atoms with Gasteiger partial charge in [0.2, 0.25) is 0 Å². The van der Waals surface area contributed by atoms with Crippen molar-refractivity contribution in [1.29, 1.82) is 0 Å². The van der Waals surface area contributed by atoms with Gasteiger partial charge in [-0.1, -0.05) is 18.2 Å². The van der Waals surface area contributed by atoms with Crippen molar-refractivity contribution in [1.82, 2.24) is 14.9 Å². The molecule has 0 saturated carbocycles. The first-order valence-corrected chi connectivity index (χ1v) is 7.12. The van der Waals surface area contributed by atoms with Crippen molar-refractivity contribution in [2.45, 2.75) is 32.6 Å². The zero-order valence-corrected chi connectivity index (χ0v) is 12.2. The van der Waals surface area contributed by atoms with Crippen LogP contribution >= 0.6 is 0 Å². The molecule has 0 radical (unpaired) electrons. The number of benzene rings is 1. The minimum absolute atomic E-state index is 0.281. The normalized spacial score (nSPS) is 15.6. The molecule has 0 aliphatic carbocycles. The molecule has 2 heterocycles. The van der Waals surface area contributed by atoms with E-state index in [2.05, 4.69) is 9.97 Å². The van der Waals surface area contributed by atoms with Gasteiger partial charge in [-0.15, -0.1) is 0 Å². The third kappa shape index (κ3) is 3.11. The van der Waals surface area contributed by atoms with Crippen LogP contribution < -0.4 is 0 Å². The molecule has 1 aliphatic rings. The molecule has 116 valence electrons. The zero-order chi connectivity index (χ0) is 15.7. The van der Waals surface area contributed by atoms with Gasteiger partial charge in [0.25, 0.3) is 0 Å². The van der Waals surface area contributed by atoms with Gasteiger partial charge in [0.15, 0.2) is 0 Å². The molecule has 0 amide bonds. The van der Waals surface area contributed by atoms with Crippen LogP contribution in [0.5, 0.6) is 0 Å². The molecule has 0 spiro atoms. The minimum atomic E-state index is -4.31. The molecule has 2 aromatic rings. The molecule has 0 bridgehead atoms. The number of halogens is 3. The zero-order valence-electron chi connectivity index (χ0n) is 12.2. The highest BCUT2D eigenvalue weighted by Crippen LogP contribution is 2.32. The van der Waals surface area contributed by atoms with Crippen molar-refractivity contribution in [3.05, 3.63) is 58.7 Å². The summed E-state index contributed by atoms with van der Waals surface area (Å²) in [5.74, 6) is 0.731. The van der Waals surface area contributed by atoms with Crippen molar-refractivity contribution >= 4 is 0 Å². The lowest BCUT2D eigenvalue weighted by Gasteiger charge is -2.28. The molecule has 1 aromatic carbocycles. The topological polar surface area (TPSA) is 29.0 Å². The van der Waals surface area contributed by atoms with Crippen LogP contribution in [0.2, 0.25) is 0 Å². The Bertz CT molecular complexity index is 683. The molecule has 3 rings (SSSR count). The molecule has 0 fully saturated rings. The second kappa shape index (κ2) is 5.68. The summed E-state index contributed by atoms with van der Waals surface area (Å²) in [5, 5.41) is 0. The molecule has 22 heavy (non-hydrogen) atoms. The van der Waals surface area contributed by atoms with Crippen molar-refractivity contribution in [2.24, 2.45) is 0 Å². The minimum Gasteiger partial charge on any atom is -0.294 e. The number of fused-ring (bicyclic) bond motifs is 1. The number of nitrogens with zero attached hydrogens (tertiary/aromatic N) is 3. The summed E-state index contributed by atoms with van der Waals surface area (Å²) in [6, 6.07) is 5.76. The van der Waals surface area contributed by atoms with Crippen LogP contribution in [-0.4, -0.2) is 21.4 Å². The van der Waals surface area contributed by atoms with E-state index >= 15 is 0 Å². The summed E-state index contributed by atoms with van der Waals surface area (Å²) in [4.78, 5) is 10.6. The predicted molar refractivity (Wildman–Crippen MR) is 76.0 cm³/mol. The standard InChI is InChI=1S/C16H16F3N3/c1-11-20-8-13-10-22(7-6-15(13)21-11)9-12-4-2-3-5-14(12)16(17,18)19/h2-5,8H,6-7,9-10H2,1H3. The van der Waals surface area contributed by atoms with Crippen molar-refractivity contribution < 1.29 is 13.2 Å². The Morgan fingerprint density at radius 1 is 1.23 bits per heavy atom. The van der Waals surface area contributed by atoms with Gasteiger partial charge in [-0.2, -0.15) is 13.2 Å². The summed E-state index contributed by atoms with van der Waals surface area (Å²) in [6.07, 6.45) is -1.79. The molecule has 1 aromatic heterocycles. The Labute approximate surface area is 126 Å². The summed E-state index contributed by atoms with van der Waals surface area (Å²) < 4.78 is 39.1. The van der Waals surface area contributed by atoms with Crippen molar-refractivity contribution in [3.63, 3.8) is 0 Å². The van der Waals surface area contributed by atoms with E-state index in [1.165, 1.54) is 6.07 Å². The van der Waals surface area contributed by atoms with Gasteiger partial charge in [-0.05, 0) is 18.6 Å². The van der Waals surface area contributed by atoms with Gasteiger partial charge in [-0.3, -0.25) is 4.90 Å². The average Bonchev–Trinajstić information content (AvgIpc) is 2.47. The molecule has 0 saturated heterocycles. The molecule has 0 N–H and O–H groups in total. The van der Waals surface area contributed by atoms with Crippen LogP contribution in [0.25, 0.3) is 0 Å². The number of hydrogen-bond acceptors (Lipinski definition) is 3. The van der Waals surface area contributed by atoms with Crippen molar-refractivity contribution in [3.8, 4) is 0 Å². The van der Waals surface area contributed by atoms with E-state index in [9.17, 15) is 13.2 Å². The third-order valence-electron chi connectivity index (χ3n) is 3.85. The fourth-order valence-electron chi connectivity index (χ4n) is 2.78. The maximum absolute atomic E-state index is 13.0. The first-order chi connectivity index (χ1) is 10.4. The van der Waals surface area contributed by atoms with E-state index in [0.717, 1.165) is 29.6 Å². The summed E-state index contributed by atoms with van der Waals surface area (Å²) in [7, 11) is 0. The van der Waals surface area contributed by atoms with E-state index in [0.29, 0.717) is 18.7 Å². The maximum Gasteiger partial charge on any atom is 0.416 e. The van der Waals surface area contributed by atoms with Crippen LogP contribution in [0.3, 0.4) is 0 Å². The Hall–Kier alpha value is -1.95. The monoisotopic (exact) mass is 307 g/mol. The number of aryl methyl sites for hydroxylation is 1. The number of rotatable bonds is 2. The van der Waals surface area contributed by atoms with Crippen LogP contribution in [-0.2, 0) is 25.7 Å². The number of alkyl halides is 3. The van der Waals surface area contributed by atoms with Crippen LogP contribution in [0.15, 0.2) is 30.5 Å². The first kappa shape index (κ1) is 15.0. The highest BCUT2D eigenvalue weighted by molar-refractivity contribution is 5.30. The van der Waals surface area contributed by atoms with Gasteiger partial charge in [-0.25, -0.2) is 9.97 Å². The molecular weight excluding hydrogens is 291 g/mol. The fraction of sp³-hybridized carbons (Fsp3) is 0.375. The summed E-state index contributed by atoms with van der Waals surface area (Å²) in [5.41, 5.74) is 1.77. The quantitative estimate of drug-likeness (QED) is 0.852. The lowest BCUT2D eigenvalue weighted by Crippen LogP contribution is -2.31. The lowest BCUT2D eigenvalue weighted by atomic mass is 10.0. The van der Waals surface area contributed by atoms with E-state index < -0.39 is 11.7 Å². The van der Waals surface area contributed by atoms with Gasteiger partial charge in [0.05, 0.1) is 5.56 Å². The number of hydrogen-bond donors (Lipinski definition) is 0. The fourth-order valence-corrected chi connectivity index (χ4v) is 2.78. The molecule has 3 nitrogen and oxygen atoms in total. The highest BCUT2D eigenvalue weighted by Gasteiger charge is 2.33. The summed E-state index contributed by atoms with van der Waals surface area (Å²) in [6.45, 7) is 3.41. The number of aromatic nitrogens is 2. The second-order valence-electron chi connectivity index (χ2n) is 5.50. The Kier molecular flexibility index (Phi) is 3.87. The van der Waals surface area contributed by atoms with E-state index in [-0.39, 0.29) is 6.54 Å². The Balaban J connectivity index is 1.80. The highest BCUT2D eigenvalue weighted by atomic mass is 19.4. The van der Waals surface area contributed by atoms with Gasteiger partial charge < -0.3 is 0 Å². The predicted octanol–water partition coefficient (Wildman–Crippen LogP) is 3.36. The first-order valence-electron chi connectivity index (χ1n) is 7.12. The lowest BCUT2D eigenvalue weighted by molar-refractivity contribution is -0.138. The molecule has 0 atom stereocenters. The van der Waals surface area contributed by atoms with Crippen LogP contribution in [0.1, 0.15) is 28.2 Å². The van der Waals surface area contributed by atoms with Crippen molar-refractivity contribution in [2.75, 3.05) is 6.54 Å². The van der Waals surface area contributed by atoms with E-state index in [1.54, 1.807) is 18.3 Å². The molecule has 0 unspecified atom stereocenters. The average molecular weight is 307 g/mol. The molecular formula is C16H16F3N3. The van der Waals surface area contributed by atoms with E-state index in [1.807, 2.05) is 11.8 Å². The van der Waals surface area contributed by atoms with Gasteiger partial charge in [0, 0.05) is 43.5 Å². The van der Waals surface area contributed by atoms with Crippen LogP contribution in [0.4, 0.5) is 13.2 Å². The Morgan fingerprint density at radius 2 is 2.00 bits per heavy atom. The van der Waals surface area contributed by atoms with Gasteiger partial charge in [0.1, 0.15) is 5.82 Å². The molecule has 6 heteroatoms. The third-order valence-corrected chi connectivity index (χ3v) is 3.85. The Morgan fingerprint density at radius 3 is 2.77 bits per heavy atom. The maximum atomic E-state index is 13.0. The largest absolute Gasteiger partial charge is 0.416 e. The summed E-state index contributed by atoms with van der Waals surface area (Å²) >= 11 is 0. The van der Waals surface area contributed by atoms with Crippen LogP contribution in [0, 0.1) is 6.92 Å². The van der Waals surface area contributed by atoms with E-state index in [4.69, 9.17) is 0 Å². The smallest absolute Gasteiger partial charge is 0.294 e. The SMILES string of the molecule is Cc1ncc2c(n1)CCN(Cc1ccccc1C(F)(F)F)C2. The second-order valence-corrected chi connectivity index (χ2v) is 5.50.